The summed E-state index contributed by atoms with van der Waals surface area (Å²) in [5.74, 6) is 3.09. The highest BCUT2D eigenvalue weighted by molar-refractivity contribution is 5.78. The standard InChI is InChI=1S/C19H37NO/c1-15(2)8-6-5-7-13-20-19(21)18-11-9-17(10-12-18)14-16(3)4/h15-18H,5-14H2,1-4H3,(H,20,21). The van der Waals surface area contributed by atoms with Gasteiger partial charge in [-0.25, -0.2) is 0 Å². The van der Waals surface area contributed by atoms with Crippen molar-refractivity contribution in [1.82, 2.24) is 5.32 Å². The smallest absolute Gasteiger partial charge is 0.223 e. The zero-order valence-electron chi connectivity index (χ0n) is 14.8. The number of nitrogens with one attached hydrogen (secondary N) is 1. The van der Waals surface area contributed by atoms with Crippen LogP contribution in [0.5, 0.6) is 0 Å². The summed E-state index contributed by atoms with van der Waals surface area (Å²) in [5.41, 5.74) is 0. The SMILES string of the molecule is CC(C)CCCCCNC(=O)C1CCC(CC(C)C)CC1. The van der Waals surface area contributed by atoms with Crippen molar-refractivity contribution in [3.8, 4) is 0 Å². The molecule has 1 N–H and O–H groups in total. The third kappa shape index (κ3) is 8.48. The van der Waals surface area contributed by atoms with Gasteiger partial charge in [-0.05, 0) is 56.3 Å². The van der Waals surface area contributed by atoms with E-state index in [0.717, 1.165) is 43.6 Å². The van der Waals surface area contributed by atoms with Gasteiger partial charge in [0.15, 0.2) is 0 Å². The Morgan fingerprint density at radius 1 is 0.952 bits per heavy atom. The Labute approximate surface area is 132 Å². The summed E-state index contributed by atoms with van der Waals surface area (Å²) in [4.78, 5) is 12.2. The van der Waals surface area contributed by atoms with Gasteiger partial charge in [-0.1, -0.05) is 47.0 Å². The molecule has 0 spiro atoms. The van der Waals surface area contributed by atoms with Gasteiger partial charge in [0.1, 0.15) is 0 Å². The predicted octanol–water partition coefficient (Wildman–Crippen LogP) is 5.17. The van der Waals surface area contributed by atoms with Crippen molar-refractivity contribution in [2.24, 2.45) is 23.7 Å². The number of carbonyl (C=O) groups excluding carboxylic acids is 1. The maximum Gasteiger partial charge on any atom is 0.223 e. The summed E-state index contributed by atoms with van der Waals surface area (Å²) in [5, 5.41) is 3.16. The summed E-state index contributed by atoms with van der Waals surface area (Å²) < 4.78 is 0. The molecule has 1 aliphatic carbocycles. The van der Waals surface area contributed by atoms with Crippen LogP contribution < -0.4 is 5.32 Å². The lowest BCUT2D eigenvalue weighted by atomic mass is 9.78. The van der Waals surface area contributed by atoms with E-state index in [4.69, 9.17) is 0 Å². The van der Waals surface area contributed by atoms with Crippen LogP contribution in [0.25, 0.3) is 0 Å². The molecule has 0 bridgehead atoms. The fourth-order valence-corrected chi connectivity index (χ4v) is 3.54. The van der Waals surface area contributed by atoms with Crippen LogP contribution in [0.3, 0.4) is 0 Å². The van der Waals surface area contributed by atoms with Crippen molar-refractivity contribution in [2.45, 2.75) is 85.5 Å². The van der Waals surface area contributed by atoms with Gasteiger partial charge in [-0.15, -0.1) is 0 Å². The Morgan fingerprint density at radius 3 is 2.19 bits per heavy atom. The van der Waals surface area contributed by atoms with Crippen molar-refractivity contribution in [1.29, 1.82) is 0 Å². The average Bonchev–Trinajstić information content (AvgIpc) is 2.42. The van der Waals surface area contributed by atoms with Gasteiger partial charge < -0.3 is 5.32 Å². The molecular formula is C19H37NO. The first kappa shape index (κ1) is 18.5. The molecule has 21 heavy (non-hydrogen) atoms. The summed E-state index contributed by atoms with van der Waals surface area (Å²) in [7, 11) is 0. The minimum atomic E-state index is 0.295. The zero-order valence-corrected chi connectivity index (χ0v) is 14.8. The second-order valence-corrected chi connectivity index (χ2v) is 7.88. The molecule has 0 unspecified atom stereocenters. The lowest BCUT2D eigenvalue weighted by Crippen LogP contribution is -2.33. The van der Waals surface area contributed by atoms with Gasteiger partial charge in [0.2, 0.25) is 5.91 Å². The molecule has 1 fully saturated rings. The van der Waals surface area contributed by atoms with Crippen molar-refractivity contribution in [2.75, 3.05) is 6.54 Å². The number of hydrogen-bond acceptors (Lipinski definition) is 1. The largest absolute Gasteiger partial charge is 0.356 e. The van der Waals surface area contributed by atoms with Crippen LogP contribution in [0.4, 0.5) is 0 Å². The zero-order chi connectivity index (χ0) is 15.7. The van der Waals surface area contributed by atoms with Crippen molar-refractivity contribution >= 4 is 5.91 Å². The molecule has 1 saturated carbocycles. The van der Waals surface area contributed by atoms with Gasteiger partial charge in [0.05, 0.1) is 0 Å². The third-order valence-corrected chi connectivity index (χ3v) is 4.78. The number of amides is 1. The highest BCUT2D eigenvalue weighted by Gasteiger charge is 2.26. The molecule has 0 radical (unpaired) electrons. The summed E-state index contributed by atoms with van der Waals surface area (Å²) in [6, 6.07) is 0. The number of unbranched alkanes of at least 4 members (excludes halogenated alkanes) is 2. The first-order valence-corrected chi connectivity index (χ1v) is 9.26. The highest BCUT2D eigenvalue weighted by Crippen LogP contribution is 2.32. The molecule has 0 aromatic carbocycles. The molecule has 0 heterocycles. The normalized spacial score (nSPS) is 22.8. The lowest BCUT2D eigenvalue weighted by Gasteiger charge is -2.28. The monoisotopic (exact) mass is 295 g/mol. The van der Waals surface area contributed by atoms with Crippen LogP contribution in [-0.2, 0) is 4.79 Å². The molecule has 0 aromatic rings. The van der Waals surface area contributed by atoms with Gasteiger partial charge in [-0.3, -0.25) is 4.79 Å². The maximum atomic E-state index is 12.2. The summed E-state index contributed by atoms with van der Waals surface area (Å²) >= 11 is 0. The molecule has 2 heteroatoms. The Kier molecular flexibility index (Phi) is 9.03. The molecule has 1 rings (SSSR count). The molecule has 0 atom stereocenters. The molecule has 1 aliphatic rings. The van der Waals surface area contributed by atoms with E-state index in [-0.39, 0.29) is 0 Å². The first-order valence-electron chi connectivity index (χ1n) is 9.26. The van der Waals surface area contributed by atoms with E-state index in [1.807, 2.05) is 0 Å². The molecule has 0 aromatic heterocycles. The maximum absolute atomic E-state index is 12.2. The lowest BCUT2D eigenvalue weighted by molar-refractivity contribution is -0.126. The Balaban J connectivity index is 2.06. The molecule has 0 aliphatic heterocycles. The molecule has 2 nitrogen and oxygen atoms in total. The fourth-order valence-electron chi connectivity index (χ4n) is 3.54. The predicted molar refractivity (Wildman–Crippen MR) is 91.2 cm³/mol. The minimum absolute atomic E-state index is 0.295. The van der Waals surface area contributed by atoms with Crippen LogP contribution in [0.1, 0.15) is 85.5 Å². The number of carbonyl (C=O) groups is 1. The second kappa shape index (κ2) is 10.2. The van der Waals surface area contributed by atoms with E-state index < -0.39 is 0 Å². The Bertz CT molecular complexity index is 277. The van der Waals surface area contributed by atoms with Crippen molar-refractivity contribution in [3.05, 3.63) is 0 Å². The highest BCUT2D eigenvalue weighted by atomic mass is 16.1. The van der Waals surface area contributed by atoms with Gasteiger partial charge >= 0.3 is 0 Å². The first-order chi connectivity index (χ1) is 9.99. The van der Waals surface area contributed by atoms with Crippen LogP contribution in [-0.4, -0.2) is 12.5 Å². The summed E-state index contributed by atoms with van der Waals surface area (Å²) in [6.07, 6.45) is 11.1. The van der Waals surface area contributed by atoms with Crippen LogP contribution in [0, 0.1) is 23.7 Å². The van der Waals surface area contributed by atoms with E-state index in [2.05, 4.69) is 33.0 Å². The van der Waals surface area contributed by atoms with E-state index in [1.165, 1.54) is 38.5 Å². The number of rotatable bonds is 9. The van der Waals surface area contributed by atoms with Crippen LogP contribution in [0.15, 0.2) is 0 Å². The Hall–Kier alpha value is -0.530. The topological polar surface area (TPSA) is 29.1 Å². The van der Waals surface area contributed by atoms with Gasteiger partial charge in [-0.2, -0.15) is 0 Å². The van der Waals surface area contributed by atoms with Gasteiger partial charge in [0.25, 0.3) is 0 Å². The average molecular weight is 296 g/mol. The Morgan fingerprint density at radius 2 is 1.62 bits per heavy atom. The quantitative estimate of drug-likeness (QED) is 0.584. The summed E-state index contributed by atoms with van der Waals surface area (Å²) in [6.45, 7) is 10.0. The van der Waals surface area contributed by atoms with Crippen molar-refractivity contribution < 1.29 is 4.79 Å². The third-order valence-electron chi connectivity index (χ3n) is 4.78. The van der Waals surface area contributed by atoms with Crippen molar-refractivity contribution in [3.63, 3.8) is 0 Å². The van der Waals surface area contributed by atoms with Gasteiger partial charge in [0, 0.05) is 12.5 Å². The number of hydrogen-bond donors (Lipinski definition) is 1. The molecule has 0 saturated heterocycles. The van der Waals surface area contributed by atoms with E-state index in [9.17, 15) is 4.79 Å². The van der Waals surface area contributed by atoms with Crippen LogP contribution >= 0.6 is 0 Å². The van der Waals surface area contributed by atoms with E-state index in [1.54, 1.807) is 0 Å². The molecule has 1 amide bonds. The van der Waals surface area contributed by atoms with E-state index in [0.29, 0.717) is 11.8 Å². The fraction of sp³-hybridized carbons (Fsp3) is 0.947. The second-order valence-electron chi connectivity index (χ2n) is 7.88. The van der Waals surface area contributed by atoms with Crippen LogP contribution in [0.2, 0.25) is 0 Å². The van der Waals surface area contributed by atoms with E-state index >= 15 is 0 Å². The molecular weight excluding hydrogens is 258 g/mol. The minimum Gasteiger partial charge on any atom is -0.356 e. The molecule has 124 valence electrons.